The fourth-order valence-corrected chi connectivity index (χ4v) is 8.06. The summed E-state index contributed by atoms with van der Waals surface area (Å²) in [4.78, 5) is 0.320. The van der Waals surface area contributed by atoms with Crippen LogP contribution in [0.25, 0.3) is 0 Å². The Hall–Kier alpha value is -1.91. The molecule has 4 nitrogen and oxygen atoms in total. The molecule has 0 amide bonds. The van der Waals surface area contributed by atoms with Crippen LogP contribution in [0.2, 0.25) is 20.1 Å². The van der Waals surface area contributed by atoms with Gasteiger partial charge in [0.25, 0.3) is 0 Å². The maximum atomic E-state index is 12.4. The van der Waals surface area contributed by atoms with Crippen molar-refractivity contribution in [2.75, 3.05) is 0 Å². The summed E-state index contributed by atoms with van der Waals surface area (Å²) in [5.74, 6) is -0.0697. The summed E-state index contributed by atoms with van der Waals surface area (Å²) < 4.78 is 24.8. The van der Waals surface area contributed by atoms with Crippen LogP contribution in [0.4, 0.5) is 0 Å². The van der Waals surface area contributed by atoms with Gasteiger partial charge < -0.3 is 11.1 Å². The molecule has 5 aromatic carbocycles. The van der Waals surface area contributed by atoms with E-state index in [0.717, 1.165) is 49.9 Å². The highest BCUT2D eigenvalue weighted by atomic mass is 79.9. The van der Waals surface area contributed by atoms with E-state index in [2.05, 4.69) is 57.1 Å². The summed E-state index contributed by atoms with van der Waals surface area (Å²) in [5, 5.41) is 8.00. The molecule has 0 saturated carbocycles. The molecule has 0 bridgehead atoms. The number of alkyl halides is 2. The van der Waals surface area contributed by atoms with E-state index in [9.17, 15) is 8.42 Å². The van der Waals surface area contributed by atoms with Gasteiger partial charge in [0.1, 0.15) is 0 Å². The van der Waals surface area contributed by atoms with Gasteiger partial charge in [-0.1, -0.05) is 120 Å². The Labute approximate surface area is 333 Å². The zero-order valence-electron chi connectivity index (χ0n) is 28.1. The number of sulfone groups is 1. The molecule has 0 aromatic heterocycles. The quantitative estimate of drug-likeness (QED) is 0.167. The standard InChI is InChI=1S/C15H16ClNO2S.C8H7Br2Cl.C8H8ClN.C8H9Cl/c1-11-2-6-15(7-3-11)20(18,19)10-12-4-5-14(16)8-13(12)9-17;9-4-6-1-2-8(11)3-7(6)5-10;9-8-2-1-6-4-10-5-7(6)3-8;1-6-3-4-8(9)5-7(6)2/h2-8H,9-10,17H2,1H3;1-3H,4-5H2;1-3,10H,4-5H2;3-5H,1-2H3. The number of hydrogen-bond acceptors (Lipinski definition) is 4. The van der Waals surface area contributed by atoms with E-state index in [-0.39, 0.29) is 12.3 Å². The Morgan fingerprint density at radius 1 is 0.600 bits per heavy atom. The monoisotopic (exact) mass is 898 g/mol. The molecule has 6 rings (SSSR count). The van der Waals surface area contributed by atoms with Crippen LogP contribution in [0.5, 0.6) is 0 Å². The first-order valence-corrected chi connectivity index (χ1v) is 21.0. The third kappa shape index (κ3) is 13.6. The highest BCUT2D eigenvalue weighted by Crippen LogP contribution is 2.23. The Kier molecular flexibility index (Phi) is 17.8. The molecule has 0 radical (unpaired) electrons. The smallest absolute Gasteiger partial charge is 0.182 e. The predicted octanol–water partition coefficient (Wildman–Crippen LogP) is 12.1. The molecular formula is C39H40Br2Cl4N2O2S. The van der Waals surface area contributed by atoms with Gasteiger partial charge in [-0.25, -0.2) is 8.42 Å². The fraction of sp³-hybridized carbons (Fsp3) is 0.231. The minimum absolute atomic E-state index is 0.0697. The van der Waals surface area contributed by atoms with Gasteiger partial charge in [-0.15, -0.1) is 0 Å². The van der Waals surface area contributed by atoms with Crippen LogP contribution in [-0.2, 0) is 45.9 Å². The van der Waals surface area contributed by atoms with Gasteiger partial charge in [-0.05, 0) is 126 Å². The number of fused-ring (bicyclic) bond motifs is 1. The molecule has 0 spiro atoms. The SMILES string of the molecule is Cc1ccc(Cl)cc1C.Cc1ccc(S(=O)(=O)Cc2ccc(Cl)cc2CN)cc1.Clc1ccc(CBr)c(CBr)c1.Clc1ccc2c(c1)CNC2. The van der Waals surface area contributed by atoms with Gasteiger partial charge in [-0.3, -0.25) is 0 Å². The summed E-state index contributed by atoms with van der Waals surface area (Å²) in [6.45, 7) is 8.27. The van der Waals surface area contributed by atoms with Crippen molar-refractivity contribution >= 4 is 88.1 Å². The highest BCUT2D eigenvalue weighted by molar-refractivity contribution is 9.09. The van der Waals surface area contributed by atoms with E-state index in [1.807, 2.05) is 55.5 Å². The van der Waals surface area contributed by atoms with Gasteiger partial charge in [0.2, 0.25) is 0 Å². The lowest BCUT2D eigenvalue weighted by molar-refractivity contribution is 0.595. The van der Waals surface area contributed by atoms with Gasteiger partial charge in [0.15, 0.2) is 9.84 Å². The third-order valence-electron chi connectivity index (χ3n) is 7.84. The van der Waals surface area contributed by atoms with Crippen LogP contribution in [-0.4, -0.2) is 8.42 Å². The first-order valence-electron chi connectivity index (χ1n) is 15.6. The zero-order valence-corrected chi connectivity index (χ0v) is 35.1. The average Bonchev–Trinajstić information content (AvgIpc) is 3.56. The maximum Gasteiger partial charge on any atom is 0.182 e. The lowest BCUT2D eigenvalue weighted by Crippen LogP contribution is -2.09. The van der Waals surface area contributed by atoms with E-state index in [1.165, 1.54) is 33.4 Å². The molecule has 1 aliphatic rings. The first kappa shape index (κ1) is 42.5. The van der Waals surface area contributed by atoms with Crippen LogP contribution < -0.4 is 11.1 Å². The zero-order chi connectivity index (χ0) is 36.8. The van der Waals surface area contributed by atoms with Gasteiger partial charge in [0.05, 0.1) is 10.6 Å². The third-order valence-corrected chi connectivity index (χ3v) is 11.7. The molecule has 0 atom stereocenters. The van der Waals surface area contributed by atoms with Gasteiger partial charge >= 0.3 is 0 Å². The molecule has 0 unspecified atom stereocenters. The van der Waals surface area contributed by atoms with E-state index in [1.54, 1.807) is 42.5 Å². The summed E-state index contributed by atoms with van der Waals surface area (Å²) in [6.07, 6.45) is 0. The van der Waals surface area contributed by atoms with Crippen molar-refractivity contribution in [3.8, 4) is 0 Å². The predicted molar refractivity (Wildman–Crippen MR) is 221 cm³/mol. The molecule has 1 aliphatic heterocycles. The molecule has 0 saturated heterocycles. The van der Waals surface area contributed by atoms with Crippen LogP contribution in [0.3, 0.4) is 0 Å². The molecule has 11 heteroatoms. The number of nitrogens with one attached hydrogen (secondary N) is 1. The van der Waals surface area contributed by atoms with Crippen molar-refractivity contribution in [2.45, 2.75) is 61.7 Å². The summed E-state index contributed by atoms with van der Waals surface area (Å²) in [5.41, 5.74) is 15.9. The van der Waals surface area contributed by atoms with Crippen molar-refractivity contribution in [3.63, 3.8) is 0 Å². The molecule has 3 N–H and O–H groups in total. The van der Waals surface area contributed by atoms with E-state index in [4.69, 9.17) is 52.1 Å². The molecule has 5 aromatic rings. The number of benzene rings is 5. The number of halogens is 6. The van der Waals surface area contributed by atoms with Crippen LogP contribution in [0.1, 0.15) is 50.1 Å². The molecule has 0 fully saturated rings. The Morgan fingerprint density at radius 2 is 1.12 bits per heavy atom. The minimum atomic E-state index is -3.37. The molecule has 0 aliphatic carbocycles. The Balaban J connectivity index is 0.000000192. The number of nitrogens with two attached hydrogens (primary N) is 1. The van der Waals surface area contributed by atoms with Crippen molar-refractivity contribution < 1.29 is 8.42 Å². The lowest BCUT2D eigenvalue weighted by atomic mass is 10.1. The Morgan fingerprint density at radius 3 is 1.70 bits per heavy atom. The second kappa shape index (κ2) is 21.0. The average molecular weight is 902 g/mol. The topological polar surface area (TPSA) is 72.2 Å². The second-order valence-corrected chi connectivity index (χ2v) is 16.5. The number of rotatable bonds is 6. The summed E-state index contributed by atoms with van der Waals surface area (Å²) in [6, 6.07) is 29.8. The van der Waals surface area contributed by atoms with Crippen molar-refractivity contribution in [3.05, 3.63) is 167 Å². The van der Waals surface area contributed by atoms with Crippen molar-refractivity contribution in [2.24, 2.45) is 5.73 Å². The van der Waals surface area contributed by atoms with Gasteiger partial charge in [0, 0.05) is 50.4 Å². The largest absolute Gasteiger partial charge is 0.326 e. The lowest BCUT2D eigenvalue weighted by Gasteiger charge is -2.09. The van der Waals surface area contributed by atoms with Crippen molar-refractivity contribution in [1.82, 2.24) is 5.32 Å². The minimum Gasteiger partial charge on any atom is -0.326 e. The molecular weight excluding hydrogens is 862 g/mol. The van der Waals surface area contributed by atoms with E-state index < -0.39 is 9.84 Å². The van der Waals surface area contributed by atoms with E-state index in [0.29, 0.717) is 15.5 Å². The van der Waals surface area contributed by atoms with E-state index >= 15 is 0 Å². The Bertz CT molecular complexity index is 1970. The summed E-state index contributed by atoms with van der Waals surface area (Å²) >= 11 is 30.0. The molecule has 266 valence electrons. The van der Waals surface area contributed by atoms with Crippen molar-refractivity contribution in [1.29, 1.82) is 0 Å². The maximum absolute atomic E-state index is 12.4. The normalized spacial score (nSPS) is 11.6. The second-order valence-electron chi connectivity index (χ2n) is 11.6. The molecule has 1 heterocycles. The van der Waals surface area contributed by atoms with Gasteiger partial charge in [-0.2, -0.15) is 0 Å². The fourth-order valence-electron chi connectivity index (χ4n) is 4.78. The number of hydrogen-bond donors (Lipinski definition) is 2. The van der Waals surface area contributed by atoms with Crippen LogP contribution >= 0.6 is 78.3 Å². The summed E-state index contributed by atoms with van der Waals surface area (Å²) in [7, 11) is -3.37. The molecule has 50 heavy (non-hydrogen) atoms. The highest BCUT2D eigenvalue weighted by Gasteiger charge is 2.17. The van der Waals surface area contributed by atoms with Crippen LogP contribution in [0.15, 0.2) is 102 Å². The number of aryl methyl sites for hydroxylation is 3. The first-order chi connectivity index (χ1) is 23.8. The van der Waals surface area contributed by atoms with Crippen LogP contribution in [0, 0.1) is 20.8 Å².